The Kier molecular flexibility index (Phi) is 8.63. The zero-order chi connectivity index (χ0) is 25.0. The summed E-state index contributed by atoms with van der Waals surface area (Å²) < 4.78 is 5.80. The molecule has 1 aliphatic rings. The van der Waals surface area contributed by atoms with Crippen LogP contribution < -0.4 is 4.74 Å². The van der Waals surface area contributed by atoms with Crippen LogP contribution in [0, 0.1) is 6.92 Å². The lowest BCUT2D eigenvalue weighted by atomic mass is 9.94. The third-order valence-electron chi connectivity index (χ3n) is 5.79. The number of likely N-dealkylation sites (tertiary alicyclic amines) is 1. The first kappa shape index (κ1) is 26.1. The molecule has 1 unspecified atom stereocenters. The van der Waals surface area contributed by atoms with Crippen molar-refractivity contribution in [2.45, 2.75) is 32.7 Å². The molecule has 8 heteroatoms. The molecule has 0 aliphatic carbocycles. The van der Waals surface area contributed by atoms with Gasteiger partial charge in [0, 0.05) is 18.7 Å². The Labute approximate surface area is 210 Å². The fourth-order valence-corrected chi connectivity index (χ4v) is 4.19. The van der Waals surface area contributed by atoms with E-state index >= 15 is 0 Å². The molecule has 1 heterocycles. The molecule has 0 saturated carbocycles. The van der Waals surface area contributed by atoms with Gasteiger partial charge >= 0.3 is 0 Å². The van der Waals surface area contributed by atoms with Crippen molar-refractivity contribution >= 4 is 40.7 Å². The smallest absolute Gasteiger partial charge is 0.295 e. The van der Waals surface area contributed by atoms with Crippen molar-refractivity contribution in [3.8, 4) is 5.75 Å². The molecule has 2 aromatic rings. The summed E-state index contributed by atoms with van der Waals surface area (Å²) in [4.78, 5) is 29.5. The van der Waals surface area contributed by atoms with Crippen LogP contribution in [0.5, 0.6) is 5.75 Å². The van der Waals surface area contributed by atoms with Crippen LogP contribution in [0.2, 0.25) is 10.0 Å². The fraction of sp³-hybridized carbons (Fsp3) is 0.385. The van der Waals surface area contributed by atoms with Crippen LogP contribution in [-0.4, -0.2) is 60.4 Å². The molecule has 3 rings (SSSR count). The van der Waals surface area contributed by atoms with Crippen molar-refractivity contribution in [2.75, 3.05) is 33.8 Å². The van der Waals surface area contributed by atoms with E-state index in [1.165, 1.54) is 4.90 Å². The average molecular weight is 505 g/mol. The molecule has 0 aromatic heterocycles. The van der Waals surface area contributed by atoms with Gasteiger partial charge in [-0.15, -0.1) is 0 Å². The van der Waals surface area contributed by atoms with E-state index in [-0.39, 0.29) is 11.3 Å². The molecule has 1 atom stereocenters. The average Bonchev–Trinajstić information content (AvgIpc) is 3.05. The van der Waals surface area contributed by atoms with Gasteiger partial charge in [0.1, 0.15) is 11.5 Å². The second kappa shape index (κ2) is 11.3. The third-order valence-corrected chi connectivity index (χ3v) is 6.53. The molecule has 0 radical (unpaired) electrons. The number of likely N-dealkylation sites (N-methyl/N-ethyl adjacent to an activating group) is 1. The Hall–Kier alpha value is -2.54. The number of hydrogen-bond acceptors (Lipinski definition) is 5. The zero-order valence-electron chi connectivity index (χ0n) is 19.9. The SMILES string of the molecule is CCCCOc1ccc(C(O)=C2C(=O)C(=O)N(CCN(C)C)C2c2ccc(Cl)c(Cl)c2)cc1C. The van der Waals surface area contributed by atoms with Crippen molar-refractivity contribution in [3.05, 3.63) is 68.7 Å². The van der Waals surface area contributed by atoms with E-state index in [1.54, 1.807) is 36.4 Å². The maximum absolute atomic E-state index is 13.1. The van der Waals surface area contributed by atoms with E-state index < -0.39 is 17.7 Å². The number of carbonyl (C=O) groups is 2. The van der Waals surface area contributed by atoms with Crippen molar-refractivity contribution in [1.29, 1.82) is 0 Å². The number of Topliss-reactive ketones (excluding diaryl/α,β-unsaturated/α-hetero) is 1. The molecule has 1 N–H and O–H groups in total. The third kappa shape index (κ3) is 5.57. The van der Waals surface area contributed by atoms with E-state index in [2.05, 4.69) is 6.92 Å². The fourth-order valence-electron chi connectivity index (χ4n) is 3.89. The topological polar surface area (TPSA) is 70.1 Å². The van der Waals surface area contributed by atoms with Crippen LogP contribution in [0.1, 0.15) is 42.5 Å². The molecule has 6 nitrogen and oxygen atoms in total. The van der Waals surface area contributed by atoms with Gasteiger partial charge in [0.05, 0.1) is 28.3 Å². The summed E-state index contributed by atoms with van der Waals surface area (Å²) in [5.41, 5.74) is 1.90. The summed E-state index contributed by atoms with van der Waals surface area (Å²) in [6.45, 7) is 5.44. The van der Waals surface area contributed by atoms with Crippen molar-refractivity contribution in [2.24, 2.45) is 0 Å². The first-order valence-corrected chi connectivity index (χ1v) is 12.0. The van der Waals surface area contributed by atoms with E-state index in [9.17, 15) is 14.7 Å². The first-order chi connectivity index (χ1) is 16.1. The Balaban J connectivity index is 2.08. The number of carbonyl (C=O) groups excluding carboxylic acids is 2. The van der Waals surface area contributed by atoms with Gasteiger partial charge < -0.3 is 19.6 Å². The molecule has 0 spiro atoms. The zero-order valence-corrected chi connectivity index (χ0v) is 21.4. The first-order valence-electron chi connectivity index (χ1n) is 11.3. The van der Waals surface area contributed by atoms with Gasteiger partial charge in [-0.05, 0) is 68.9 Å². The highest BCUT2D eigenvalue weighted by atomic mass is 35.5. The lowest BCUT2D eigenvalue weighted by Gasteiger charge is -2.26. The van der Waals surface area contributed by atoms with Crippen LogP contribution in [0.4, 0.5) is 0 Å². The summed E-state index contributed by atoms with van der Waals surface area (Å²) in [7, 11) is 3.77. The molecule has 1 fully saturated rings. The van der Waals surface area contributed by atoms with Crippen LogP contribution in [0.15, 0.2) is 42.0 Å². The summed E-state index contributed by atoms with van der Waals surface area (Å²) in [5.74, 6) is -0.897. The molecule has 182 valence electrons. The summed E-state index contributed by atoms with van der Waals surface area (Å²) in [6.07, 6.45) is 1.97. The van der Waals surface area contributed by atoms with Crippen LogP contribution in [-0.2, 0) is 9.59 Å². The lowest BCUT2D eigenvalue weighted by molar-refractivity contribution is -0.140. The number of rotatable bonds is 9. The number of aliphatic hydroxyl groups excluding tert-OH is 1. The molecule has 1 amide bonds. The highest BCUT2D eigenvalue weighted by Crippen LogP contribution is 2.41. The molecule has 0 bridgehead atoms. The molecule has 1 saturated heterocycles. The Morgan fingerprint density at radius 1 is 1.12 bits per heavy atom. The Bertz CT molecular complexity index is 1110. The van der Waals surface area contributed by atoms with Crippen LogP contribution >= 0.6 is 23.2 Å². The van der Waals surface area contributed by atoms with Gasteiger partial charge in [-0.3, -0.25) is 9.59 Å². The minimum absolute atomic E-state index is 0.0289. The number of hydrogen-bond donors (Lipinski definition) is 1. The van der Waals surface area contributed by atoms with Crippen molar-refractivity contribution < 1.29 is 19.4 Å². The summed E-state index contributed by atoms with van der Waals surface area (Å²) in [5, 5.41) is 11.9. The maximum atomic E-state index is 13.1. The van der Waals surface area contributed by atoms with Gasteiger partial charge in [0.2, 0.25) is 0 Å². The second-order valence-corrected chi connectivity index (χ2v) is 9.47. The standard InChI is InChI=1S/C26H30Cl2N2O4/c1-5-6-13-34-21-10-8-18(14-16(21)2)24(31)22-23(17-7-9-19(27)20(28)15-17)30(12-11-29(3)4)26(33)25(22)32/h7-10,14-15,23,31H,5-6,11-13H2,1-4H3. The van der Waals surface area contributed by atoms with Gasteiger partial charge in [0.15, 0.2) is 0 Å². The van der Waals surface area contributed by atoms with Gasteiger partial charge in [-0.2, -0.15) is 0 Å². The summed E-state index contributed by atoms with van der Waals surface area (Å²) >= 11 is 12.4. The lowest BCUT2D eigenvalue weighted by Crippen LogP contribution is -2.35. The monoisotopic (exact) mass is 504 g/mol. The normalized spacial score (nSPS) is 17.6. The predicted octanol–water partition coefficient (Wildman–Crippen LogP) is 5.46. The maximum Gasteiger partial charge on any atom is 0.295 e. The van der Waals surface area contributed by atoms with E-state index in [0.29, 0.717) is 40.9 Å². The molecular formula is C26H30Cl2N2O4. The second-order valence-electron chi connectivity index (χ2n) is 8.65. The highest BCUT2D eigenvalue weighted by Gasteiger charge is 2.46. The number of amides is 1. The number of aliphatic hydroxyl groups is 1. The number of aryl methyl sites for hydroxylation is 1. The van der Waals surface area contributed by atoms with Crippen molar-refractivity contribution in [3.63, 3.8) is 0 Å². The van der Waals surface area contributed by atoms with Crippen molar-refractivity contribution in [1.82, 2.24) is 9.80 Å². The number of ether oxygens (including phenoxy) is 1. The van der Waals surface area contributed by atoms with Gasteiger partial charge in [-0.1, -0.05) is 42.6 Å². The Morgan fingerprint density at radius 3 is 2.47 bits per heavy atom. The number of halogens is 2. The molecule has 34 heavy (non-hydrogen) atoms. The number of ketones is 1. The number of benzene rings is 2. The summed E-state index contributed by atoms with van der Waals surface area (Å²) in [6, 6.07) is 9.42. The predicted molar refractivity (Wildman–Crippen MR) is 136 cm³/mol. The Morgan fingerprint density at radius 2 is 1.85 bits per heavy atom. The molecular weight excluding hydrogens is 475 g/mol. The van der Waals surface area contributed by atoms with Crippen LogP contribution in [0.3, 0.4) is 0 Å². The largest absolute Gasteiger partial charge is 0.507 e. The van der Waals surface area contributed by atoms with Crippen LogP contribution in [0.25, 0.3) is 5.76 Å². The minimum atomic E-state index is -0.782. The number of nitrogens with zero attached hydrogens (tertiary/aromatic N) is 2. The number of unbranched alkanes of at least 4 members (excludes halogenated alkanes) is 1. The minimum Gasteiger partial charge on any atom is -0.507 e. The van der Waals surface area contributed by atoms with E-state index in [1.807, 2.05) is 25.9 Å². The highest BCUT2D eigenvalue weighted by molar-refractivity contribution is 6.46. The van der Waals surface area contributed by atoms with Gasteiger partial charge in [0.25, 0.3) is 11.7 Å². The van der Waals surface area contributed by atoms with E-state index in [0.717, 1.165) is 24.2 Å². The molecule has 2 aromatic carbocycles. The molecule has 1 aliphatic heterocycles. The van der Waals surface area contributed by atoms with E-state index in [4.69, 9.17) is 27.9 Å². The quantitative estimate of drug-likeness (QED) is 0.212. The van der Waals surface area contributed by atoms with Gasteiger partial charge in [-0.25, -0.2) is 0 Å².